The molecule has 140 valence electrons. The molecule has 1 aliphatic heterocycles. The fraction of sp³-hybridized carbons (Fsp3) is 0.250. The van der Waals surface area contributed by atoms with Crippen LogP contribution in [0.15, 0.2) is 40.9 Å². The molecule has 0 saturated carbocycles. The minimum absolute atomic E-state index is 0.00744. The fourth-order valence-corrected chi connectivity index (χ4v) is 3.01. The van der Waals surface area contributed by atoms with Crippen molar-refractivity contribution < 1.29 is 19.1 Å². The number of carbonyl (C=O) groups excluding carboxylic acids is 3. The molecule has 2 aromatic carbocycles. The number of Topliss-reactive ketones (excluding diaryl/α,β-unsaturated/α-hetero) is 1. The van der Waals surface area contributed by atoms with Gasteiger partial charge in [-0.2, -0.15) is 0 Å². The van der Waals surface area contributed by atoms with Crippen LogP contribution < -0.4 is 15.0 Å². The number of rotatable bonds is 5. The number of carbonyl (C=O) groups is 3. The highest BCUT2D eigenvalue weighted by Crippen LogP contribution is 2.32. The van der Waals surface area contributed by atoms with E-state index >= 15 is 0 Å². The number of benzene rings is 2. The molecule has 0 unspecified atom stereocenters. The average molecular weight is 431 g/mol. The van der Waals surface area contributed by atoms with Gasteiger partial charge in [-0.25, -0.2) is 0 Å². The van der Waals surface area contributed by atoms with Crippen LogP contribution in [0, 0.1) is 6.92 Å². The minimum atomic E-state index is -0.223. The second-order valence-corrected chi connectivity index (χ2v) is 7.21. The van der Waals surface area contributed by atoms with E-state index in [9.17, 15) is 14.4 Å². The molecule has 0 atom stereocenters. The first-order valence-corrected chi connectivity index (χ1v) is 9.27. The summed E-state index contributed by atoms with van der Waals surface area (Å²) in [6, 6.07) is 10.5. The van der Waals surface area contributed by atoms with E-state index in [1.165, 1.54) is 4.90 Å². The third-order valence-corrected chi connectivity index (χ3v) is 5.28. The SMILES string of the molecule is Cc1cc(NC(=O)CCC(=O)c2ccc3c(c2)N(C)C(=O)CO3)ccc1Br. The lowest BCUT2D eigenvalue weighted by molar-refractivity contribution is -0.121. The van der Waals surface area contributed by atoms with Crippen molar-refractivity contribution in [1.29, 1.82) is 0 Å². The van der Waals surface area contributed by atoms with Gasteiger partial charge in [-0.1, -0.05) is 15.9 Å². The quantitative estimate of drug-likeness (QED) is 0.733. The zero-order chi connectivity index (χ0) is 19.6. The van der Waals surface area contributed by atoms with Crippen LogP contribution in [0.5, 0.6) is 5.75 Å². The molecule has 2 aromatic rings. The average Bonchev–Trinajstić information content (AvgIpc) is 2.65. The minimum Gasteiger partial charge on any atom is -0.482 e. The summed E-state index contributed by atoms with van der Waals surface area (Å²) in [6.07, 6.45) is 0.162. The zero-order valence-electron chi connectivity index (χ0n) is 15.0. The van der Waals surface area contributed by atoms with E-state index in [1.54, 1.807) is 31.3 Å². The number of ether oxygens (including phenoxy) is 1. The highest BCUT2D eigenvalue weighted by molar-refractivity contribution is 9.10. The van der Waals surface area contributed by atoms with Crippen LogP contribution in [0.25, 0.3) is 0 Å². The Labute approximate surface area is 165 Å². The molecule has 0 aromatic heterocycles. The number of nitrogens with zero attached hydrogens (tertiary/aromatic N) is 1. The van der Waals surface area contributed by atoms with Crippen LogP contribution in [-0.4, -0.2) is 31.3 Å². The molecule has 1 N–H and O–H groups in total. The number of anilines is 2. The van der Waals surface area contributed by atoms with Crippen molar-refractivity contribution in [2.24, 2.45) is 0 Å². The number of likely N-dealkylation sites (N-methyl/N-ethyl adjacent to an activating group) is 1. The Hall–Kier alpha value is -2.67. The van der Waals surface area contributed by atoms with Gasteiger partial charge in [0, 0.05) is 35.6 Å². The van der Waals surface area contributed by atoms with Gasteiger partial charge >= 0.3 is 0 Å². The van der Waals surface area contributed by atoms with Gasteiger partial charge in [-0.3, -0.25) is 14.4 Å². The number of aryl methyl sites for hydroxylation is 1. The summed E-state index contributed by atoms with van der Waals surface area (Å²) >= 11 is 3.41. The van der Waals surface area contributed by atoms with Crippen molar-refractivity contribution in [2.75, 3.05) is 23.9 Å². The Bertz CT molecular complexity index is 926. The Kier molecular flexibility index (Phi) is 5.60. The van der Waals surface area contributed by atoms with Crippen LogP contribution >= 0.6 is 15.9 Å². The number of fused-ring (bicyclic) bond motifs is 1. The van der Waals surface area contributed by atoms with Crippen LogP contribution in [-0.2, 0) is 9.59 Å². The van der Waals surface area contributed by atoms with Crippen LogP contribution in [0.2, 0.25) is 0 Å². The van der Waals surface area contributed by atoms with E-state index in [-0.39, 0.29) is 37.0 Å². The molecule has 3 rings (SSSR count). The maximum atomic E-state index is 12.4. The first-order valence-electron chi connectivity index (χ1n) is 8.48. The highest BCUT2D eigenvalue weighted by atomic mass is 79.9. The summed E-state index contributed by atoms with van der Waals surface area (Å²) in [5.74, 6) is 0.0123. The first-order chi connectivity index (χ1) is 12.8. The van der Waals surface area contributed by atoms with Gasteiger partial charge < -0.3 is 15.0 Å². The Morgan fingerprint density at radius 1 is 1.19 bits per heavy atom. The first kappa shape index (κ1) is 19.1. The van der Waals surface area contributed by atoms with Crippen molar-refractivity contribution in [3.8, 4) is 5.75 Å². The van der Waals surface area contributed by atoms with Gasteiger partial charge in [0.05, 0.1) is 5.69 Å². The maximum absolute atomic E-state index is 12.4. The zero-order valence-corrected chi connectivity index (χ0v) is 16.6. The van der Waals surface area contributed by atoms with E-state index in [2.05, 4.69) is 21.2 Å². The molecular weight excluding hydrogens is 412 g/mol. The van der Waals surface area contributed by atoms with Crippen molar-refractivity contribution >= 4 is 44.9 Å². The van der Waals surface area contributed by atoms with Crippen molar-refractivity contribution in [2.45, 2.75) is 19.8 Å². The Morgan fingerprint density at radius 2 is 1.96 bits per heavy atom. The van der Waals surface area contributed by atoms with Gasteiger partial charge in [-0.15, -0.1) is 0 Å². The maximum Gasteiger partial charge on any atom is 0.264 e. The largest absolute Gasteiger partial charge is 0.482 e. The molecule has 0 fully saturated rings. The smallest absolute Gasteiger partial charge is 0.264 e. The van der Waals surface area contributed by atoms with Crippen LogP contribution in [0.4, 0.5) is 11.4 Å². The monoisotopic (exact) mass is 430 g/mol. The lowest BCUT2D eigenvalue weighted by Crippen LogP contribution is -2.35. The standard InChI is InChI=1S/C20H19BrN2O4/c1-12-9-14(4-5-15(12)21)22-19(25)8-6-17(24)13-3-7-18-16(10-13)23(2)20(26)11-27-18/h3-5,7,9-10H,6,8,11H2,1-2H3,(H,22,25). The van der Waals surface area contributed by atoms with Crippen LogP contribution in [0.1, 0.15) is 28.8 Å². The third-order valence-electron chi connectivity index (χ3n) is 4.39. The summed E-state index contributed by atoms with van der Waals surface area (Å²) < 4.78 is 6.32. The molecule has 27 heavy (non-hydrogen) atoms. The number of hydrogen-bond acceptors (Lipinski definition) is 4. The summed E-state index contributed by atoms with van der Waals surface area (Å²) in [5.41, 5.74) is 2.72. The predicted molar refractivity (Wildman–Crippen MR) is 106 cm³/mol. The van der Waals surface area contributed by atoms with Crippen LogP contribution in [0.3, 0.4) is 0 Å². The molecule has 2 amide bonds. The van der Waals surface area contributed by atoms with Crippen molar-refractivity contribution in [1.82, 2.24) is 0 Å². The molecule has 7 heteroatoms. The molecule has 0 saturated heterocycles. The summed E-state index contributed by atoms with van der Waals surface area (Å²) in [5, 5.41) is 2.79. The molecule has 0 bridgehead atoms. The van der Waals surface area contributed by atoms with E-state index < -0.39 is 0 Å². The Morgan fingerprint density at radius 3 is 2.70 bits per heavy atom. The lowest BCUT2D eigenvalue weighted by atomic mass is 10.0. The second-order valence-electron chi connectivity index (χ2n) is 6.36. The van der Waals surface area contributed by atoms with E-state index in [4.69, 9.17) is 4.74 Å². The molecule has 0 spiro atoms. The molecular formula is C20H19BrN2O4. The van der Waals surface area contributed by atoms with Gasteiger partial charge in [0.1, 0.15) is 5.75 Å². The molecule has 1 aliphatic rings. The summed E-state index contributed by atoms with van der Waals surface area (Å²) in [7, 11) is 1.64. The molecule has 1 heterocycles. The third kappa shape index (κ3) is 4.36. The number of nitrogens with one attached hydrogen (secondary N) is 1. The number of ketones is 1. The number of amides is 2. The van der Waals surface area contributed by atoms with Crippen molar-refractivity contribution in [3.63, 3.8) is 0 Å². The molecule has 6 nitrogen and oxygen atoms in total. The summed E-state index contributed by atoms with van der Waals surface area (Å²) in [6.45, 7) is 1.93. The summed E-state index contributed by atoms with van der Waals surface area (Å²) in [4.78, 5) is 37.8. The van der Waals surface area contributed by atoms with Gasteiger partial charge in [0.2, 0.25) is 5.91 Å². The highest BCUT2D eigenvalue weighted by Gasteiger charge is 2.23. The second kappa shape index (κ2) is 7.92. The molecule has 0 radical (unpaired) electrons. The van der Waals surface area contributed by atoms with E-state index in [1.807, 2.05) is 19.1 Å². The normalized spacial score (nSPS) is 13.0. The number of halogens is 1. The predicted octanol–water partition coefficient (Wildman–Crippen LogP) is 3.71. The van der Waals surface area contributed by atoms with E-state index in [0.717, 1.165) is 10.0 Å². The molecule has 0 aliphatic carbocycles. The van der Waals surface area contributed by atoms with Gasteiger partial charge in [0.15, 0.2) is 12.4 Å². The lowest BCUT2D eigenvalue weighted by Gasteiger charge is -2.26. The topological polar surface area (TPSA) is 75.7 Å². The van der Waals surface area contributed by atoms with Crippen molar-refractivity contribution in [3.05, 3.63) is 52.0 Å². The van der Waals surface area contributed by atoms with Gasteiger partial charge in [0.25, 0.3) is 5.91 Å². The number of hydrogen-bond donors (Lipinski definition) is 1. The fourth-order valence-electron chi connectivity index (χ4n) is 2.76. The van der Waals surface area contributed by atoms with Gasteiger partial charge in [-0.05, 0) is 48.9 Å². The Balaban J connectivity index is 1.61. The van der Waals surface area contributed by atoms with E-state index in [0.29, 0.717) is 22.7 Å².